The Bertz CT molecular complexity index is 1310. The van der Waals surface area contributed by atoms with Crippen molar-refractivity contribution < 1.29 is 4.79 Å². The summed E-state index contributed by atoms with van der Waals surface area (Å²) in [6.45, 7) is 10.6. The highest BCUT2D eigenvalue weighted by Crippen LogP contribution is 2.39. The van der Waals surface area contributed by atoms with E-state index < -0.39 is 0 Å². The number of carbonyl (C=O) groups excluding carboxylic acids is 1. The number of H-pyrrole nitrogens is 2. The SMILES string of the molecule is CC(C)CCC(=O)N1CCC(c2ccc3[nH]c(-c4ccnc5[nH]ncc45)c(C(C)C)c3c2)CC1. The molecular formula is C28H35N5O. The molecule has 0 bridgehead atoms. The number of carbonyl (C=O) groups is 1. The van der Waals surface area contributed by atoms with Gasteiger partial charge in [0.05, 0.1) is 11.9 Å². The number of hydrogen-bond donors (Lipinski definition) is 2. The number of likely N-dealkylation sites (tertiary alicyclic amines) is 1. The van der Waals surface area contributed by atoms with E-state index in [0.29, 0.717) is 30.1 Å². The minimum absolute atomic E-state index is 0.322. The van der Waals surface area contributed by atoms with Gasteiger partial charge in [0.25, 0.3) is 0 Å². The molecule has 0 atom stereocenters. The summed E-state index contributed by atoms with van der Waals surface area (Å²) in [6, 6.07) is 8.96. The van der Waals surface area contributed by atoms with Gasteiger partial charge in [-0.3, -0.25) is 9.89 Å². The van der Waals surface area contributed by atoms with Crippen LogP contribution in [-0.2, 0) is 4.79 Å². The lowest BCUT2D eigenvalue weighted by molar-refractivity contribution is -0.132. The zero-order valence-electron chi connectivity index (χ0n) is 20.7. The number of amides is 1. The first-order valence-electron chi connectivity index (χ1n) is 12.6. The van der Waals surface area contributed by atoms with Crippen LogP contribution >= 0.6 is 0 Å². The Morgan fingerprint density at radius 3 is 2.65 bits per heavy atom. The predicted molar refractivity (Wildman–Crippen MR) is 138 cm³/mol. The number of fused-ring (bicyclic) bond motifs is 2. The molecule has 1 aliphatic heterocycles. The van der Waals surface area contributed by atoms with E-state index in [1.165, 1.54) is 16.5 Å². The molecule has 4 heterocycles. The third-order valence-corrected chi connectivity index (χ3v) is 7.32. The van der Waals surface area contributed by atoms with Crippen molar-refractivity contribution in [2.45, 2.75) is 65.2 Å². The van der Waals surface area contributed by atoms with E-state index in [0.717, 1.165) is 60.2 Å². The van der Waals surface area contributed by atoms with E-state index >= 15 is 0 Å². The molecule has 0 unspecified atom stereocenters. The number of aromatic amines is 2. The van der Waals surface area contributed by atoms with Crippen molar-refractivity contribution in [1.29, 1.82) is 0 Å². The minimum Gasteiger partial charge on any atom is -0.354 e. The van der Waals surface area contributed by atoms with Crippen LogP contribution in [0.2, 0.25) is 0 Å². The Labute approximate surface area is 201 Å². The topological polar surface area (TPSA) is 77.7 Å². The van der Waals surface area contributed by atoms with E-state index in [2.05, 4.69) is 77.0 Å². The normalized spacial score (nSPS) is 15.3. The van der Waals surface area contributed by atoms with Crippen LogP contribution < -0.4 is 0 Å². The zero-order chi connectivity index (χ0) is 23.8. The largest absolute Gasteiger partial charge is 0.354 e. The van der Waals surface area contributed by atoms with Gasteiger partial charge in [0, 0.05) is 47.6 Å². The van der Waals surface area contributed by atoms with Crippen molar-refractivity contribution in [3.05, 3.63) is 47.8 Å². The lowest BCUT2D eigenvalue weighted by Gasteiger charge is -2.32. The first-order chi connectivity index (χ1) is 16.4. The van der Waals surface area contributed by atoms with Gasteiger partial charge in [-0.25, -0.2) is 4.98 Å². The Morgan fingerprint density at radius 2 is 1.91 bits per heavy atom. The molecule has 0 radical (unpaired) electrons. The van der Waals surface area contributed by atoms with E-state index in [-0.39, 0.29) is 0 Å². The summed E-state index contributed by atoms with van der Waals surface area (Å²) in [4.78, 5) is 22.7. The van der Waals surface area contributed by atoms with Gasteiger partial charge in [-0.1, -0.05) is 33.8 Å². The fourth-order valence-corrected chi connectivity index (χ4v) is 5.40. The van der Waals surface area contributed by atoms with E-state index in [9.17, 15) is 4.79 Å². The second kappa shape index (κ2) is 9.24. The van der Waals surface area contributed by atoms with Crippen LogP contribution in [0, 0.1) is 5.92 Å². The number of aromatic nitrogens is 4. The highest BCUT2D eigenvalue weighted by molar-refractivity contribution is 5.98. The highest BCUT2D eigenvalue weighted by atomic mass is 16.2. The van der Waals surface area contributed by atoms with Gasteiger partial charge in [-0.2, -0.15) is 5.10 Å². The van der Waals surface area contributed by atoms with Crippen LogP contribution in [0.25, 0.3) is 33.2 Å². The summed E-state index contributed by atoms with van der Waals surface area (Å²) in [5.74, 6) is 1.77. The first kappa shape index (κ1) is 22.6. The third-order valence-electron chi connectivity index (χ3n) is 7.32. The number of benzene rings is 1. The summed E-state index contributed by atoms with van der Waals surface area (Å²) < 4.78 is 0. The average molecular weight is 458 g/mol. The van der Waals surface area contributed by atoms with Gasteiger partial charge in [-0.15, -0.1) is 0 Å². The number of hydrogen-bond acceptors (Lipinski definition) is 3. The number of piperidine rings is 1. The van der Waals surface area contributed by atoms with E-state index in [1.54, 1.807) is 0 Å². The lowest BCUT2D eigenvalue weighted by Crippen LogP contribution is -2.37. The number of nitrogens with zero attached hydrogens (tertiary/aromatic N) is 3. The number of rotatable bonds is 6. The quantitative estimate of drug-likeness (QED) is 0.353. The molecule has 1 aliphatic rings. The summed E-state index contributed by atoms with van der Waals surface area (Å²) in [6.07, 6.45) is 7.42. The summed E-state index contributed by atoms with van der Waals surface area (Å²) >= 11 is 0. The van der Waals surface area contributed by atoms with Crippen molar-refractivity contribution in [3.8, 4) is 11.3 Å². The van der Waals surface area contributed by atoms with Crippen molar-refractivity contribution in [1.82, 2.24) is 25.1 Å². The smallest absolute Gasteiger partial charge is 0.222 e. The molecule has 0 spiro atoms. The molecule has 3 aromatic heterocycles. The molecule has 5 rings (SSSR count). The van der Waals surface area contributed by atoms with Crippen LogP contribution in [-0.4, -0.2) is 44.1 Å². The van der Waals surface area contributed by atoms with Gasteiger partial charge in [-0.05, 0) is 66.3 Å². The molecule has 0 saturated carbocycles. The monoisotopic (exact) mass is 457 g/mol. The summed E-state index contributed by atoms with van der Waals surface area (Å²) in [5.41, 5.74) is 6.98. The Balaban J connectivity index is 1.43. The van der Waals surface area contributed by atoms with Gasteiger partial charge in [0.1, 0.15) is 0 Å². The molecule has 178 valence electrons. The Hall–Kier alpha value is -3.15. The van der Waals surface area contributed by atoms with Gasteiger partial charge >= 0.3 is 0 Å². The predicted octanol–water partition coefficient (Wildman–Crippen LogP) is 6.37. The fourth-order valence-electron chi connectivity index (χ4n) is 5.40. The molecular weight excluding hydrogens is 422 g/mol. The molecule has 6 nitrogen and oxygen atoms in total. The fraction of sp³-hybridized carbons (Fsp3) is 0.464. The van der Waals surface area contributed by atoms with Crippen molar-refractivity contribution in [3.63, 3.8) is 0 Å². The molecule has 2 N–H and O–H groups in total. The molecule has 0 aliphatic carbocycles. The second-order valence-corrected chi connectivity index (χ2v) is 10.5. The van der Waals surface area contributed by atoms with Gasteiger partial charge in [0.15, 0.2) is 5.65 Å². The average Bonchev–Trinajstić information content (AvgIpc) is 3.46. The van der Waals surface area contributed by atoms with E-state index in [1.807, 2.05) is 12.4 Å². The van der Waals surface area contributed by atoms with Crippen molar-refractivity contribution >= 4 is 27.8 Å². The van der Waals surface area contributed by atoms with E-state index in [4.69, 9.17) is 0 Å². The third kappa shape index (κ3) is 4.22. The lowest BCUT2D eigenvalue weighted by atomic mass is 9.87. The van der Waals surface area contributed by atoms with Crippen molar-refractivity contribution in [2.75, 3.05) is 13.1 Å². The highest BCUT2D eigenvalue weighted by Gasteiger charge is 2.25. The van der Waals surface area contributed by atoms with Crippen LogP contribution in [0.15, 0.2) is 36.7 Å². The van der Waals surface area contributed by atoms with Crippen LogP contribution in [0.3, 0.4) is 0 Å². The maximum Gasteiger partial charge on any atom is 0.222 e. The minimum atomic E-state index is 0.322. The Kier molecular flexibility index (Phi) is 6.15. The van der Waals surface area contributed by atoms with Crippen LogP contribution in [0.5, 0.6) is 0 Å². The second-order valence-electron chi connectivity index (χ2n) is 10.5. The molecule has 4 aromatic rings. The summed E-state index contributed by atoms with van der Waals surface area (Å²) in [7, 11) is 0. The summed E-state index contributed by atoms with van der Waals surface area (Å²) in [5, 5.41) is 9.52. The molecule has 6 heteroatoms. The van der Waals surface area contributed by atoms with Crippen LogP contribution in [0.4, 0.5) is 0 Å². The molecule has 1 aromatic carbocycles. The molecule has 34 heavy (non-hydrogen) atoms. The standard InChI is InChI=1S/C28H35N5O/c1-17(2)5-8-25(34)33-13-10-19(11-14-33)20-6-7-24-22(15-20)26(18(3)4)27(31-24)21-9-12-29-28-23(21)16-30-32-28/h6-7,9,12,15-19,31H,5,8,10-11,13-14H2,1-4H3,(H,29,30,32). The molecule has 1 amide bonds. The maximum atomic E-state index is 12.6. The molecule has 1 saturated heterocycles. The van der Waals surface area contributed by atoms with Crippen molar-refractivity contribution in [2.24, 2.45) is 5.92 Å². The number of pyridine rings is 1. The van der Waals surface area contributed by atoms with Gasteiger partial charge in [0.2, 0.25) is 5.91 Å². The zero-order valence-corrected chi connectivity index (χ0v) is 20.7. The van der Waals surface area contributed by atoms with Gasteiger partial charge < -0.3 is 9.88 Å². The Morgan fingerprint density at radius 1 is 1.12 bits per heavy atom. The molecule has 1 fully saturated rings. The maximum absolute atomic E-state index is 12.6. The first-order valence-corrected chi connectivity index (χ1v) is 12.6. The number of nitrogens with one attached hydrogen (secondary N) is 2. The van der Waals surface area contributed by atoms with Crippen LogP contribution in [0.1, 0.15) is 76.3 Å².